The second kappa shape index (κ2) is 6.11. The molecule has 1 aliphatic rings. The molecule has 126 valence electrons. The number of rotatable bonds is 5. The molecule has 1 saturated heterocycles. The second-order valence-corrected chi connectivity index (χ2v) is 6.33. The lowest BCUT2D eigenvalue weighted by Gasteiger charge is -2.22. The van der Waals surface area contributed by atoms with Crippen molar-refractivity contribution in [2.75, 3.05) is 0 Å². The van der Waals surface area contributed by atoms with Crippen molar-refractivity contribution in [1.29, 1.82) is 0 Å². The summed E-state index contributed by atoms with van der Waals surface area (Å²) in [6.07, 6.45) is 2.06. The number of nitrogens with one attached hydrogen (secondary N) is 1. The van der Waals surface area contributed by atoms with E-state index in [2.05, 4.69) is 17.4 Å². The molecule has 24 heavy (non-hydrogen) atoms. The highest BCUT2D eigenvalue weighted by Crippen LogP contribution is 2.30. The number of amides is 3. The third kappa shape index (κ3) is 2.79. The minimum atomic E-state index is -1.06. The molecule has 0 bridgehead atoms. The first-order valence-corrected chi connectivity index (χ1v) is 8.09. The second-order valence-electron chi connectivity index (χ2n) is 6.33. The van der Waals surface area contributed by atoms with E-state index in [9.17, 15) is 9.59 Å². The van der Waals surface area contributed by atoms with Gasteiger partial charge < -0.3 is 9.84 Å². The predicted molar refractivity (Wildman–Crippen MR) is 88.1 cm³/mol. The van der Waals surface area contributed by atoms with E-state index in [0.717, 1.165) is 18.4 Å². The van der Waals surface area contributed by atoms with Gasteiger partial charge in [0.25, 0.3) is 5.91 Å². The molecular formula is C18H21N3O3. The minimum absolute atomic E-state index is 0.0784. The van der Waals surface area contributed by atoms with Crippen LogP contribution in [0.4, 0.5) is 4.79 Å². The topological polar surface area (TPSA) is 75.4 Å². The van der Waals surface area contributed by atoms with E-state index >= 15 is 0 Å². The number of carbonyl (C=O) groups is 2. The molecule has 0 saturated carbocycles. The Labute approximate surface area is 140 Å². The van der Waals surface area contributed by atoms with Gasteiger partial charge in [-0.15, -0.1) is 0 Å². The van der Waals surface area contributed by atoms with E-state index in [4.69, 9.17) is 4.52 Å². The Hall–Kier alpha value is -2.63. The van der Waals surface area contributed by atoms with Crippen LogP contribution in [0.25, 0.3) is 0 Å². The maximum absolute atomic E-state index is 12.8. The van der Waals surface area contributed by atoms with E-state index in [1.807, 2.05) is 24.3 Å². The standard InChI is InChI=1S/C18H21N3O3/c1-4-5-13-6-8-14(9-7-13)18(3)16(22)21(17(23)19-18)11-15-10-12(2)20-24-15/h6-10H,4-5,11H2,1-3H3,(H,19,23)/t18-/m1/s1. The number of hydrogen-bond acceptors (Lipinski definition) is 4. The van der Waals surface area contributed by atoms with Gasteiger partial charge >= 0.3 is 6.03 Å². The fourth-order valence-corrected chi connectivity index (χ4v) is 2.98. The summed E-state index contributed by atoms with van der Waals surface area (Å²) < 4.78 is 5.12. The molecule has 6 heteroatoms. The molecule has 1 N–H and O–H groups in total. The lowest BCUT2D eigenvalue weighted by molar-refractivity contribution is -0.131. The van der Waals surface area contributed by atoms with Gasteiger partial charge in [-0.25, -0.2) is 4.79 Å². The molecule has 3 amide bonds. The van der Waals surface area contributed by atoms with Crippen LogP contribution >= 0.6 is 0 Å². The SMILES string of the molecule is CCCc1ccc([C@@]2(C)NC(=O)N(Cc3cc(C)no3)C2=O)cc1. The zero-order valence-corrected chi connectivity index (χ0v) is 14.1. The Morgan fingerprint density at radius 3 is 2.54 bits per heavy atom. The van der Waals surface area contributed by atoms with Crippen molar-refractivity contribution < 1.29 is 14.1 Å². The Morgan fingerprint density at radius 1 is 1.25 bits per heavy atom. The molecule has 0 unspecified atom stereocenters. The molecule has 1 atom stereocenters. The average molecular weight is 327 g/mol. The largest absolute Gasteiger partial charge is 0.359 e. The van der Waals surface area contributed by atoms with Crippen LogP contribution in [-0.4, -0.2) is 22.0 Å². The van der Waals surface area contributed by atoms with Crippen LogP contribution in [0.3, 0.4) is 0 Å². The van der Waals surface area contributed by atoms with Crippen LogP contribution in [0.15, 0.2) is 34.9 Å². The first-order chi connectivity index (χ1) is 11.4. The minimum Gasteiger partial charge on any atom is -0.359 e. The van der Waals surface area contributed by atoms with E-state index < -0.39 is 11.6 Å². The summed E-state index contributed by atoms with van der Waals surface area (Å²) in [6, 6.07) is 9.12. The van der Waals surface area contributed by atoms with Gasteiger partial charge in [-0.2, -0.15) is 0 Å². The first kappa shape index (κ1) is 16.2. The molecule has 1 aliphatic heterocycles. The number of urea groups is 1. The molecule has 0 spiro atoms. The van der Waals surface area contributed by atoms with Crippen LogP contribution < -0.4 is 5.32 Å². The van der Waals surface area contributed by atoms with Gasteiger partial charge in [-0.05, 0) is 31.4 Å². The van der Waals surface area contributed by atoms with Crippen LogP contribution in [-0.2, 0) is 23.3 Å². The summed E-state index contributed by atoms with van der Waals surface area (Å²) in [5.41, 5.74) is 1.65. The van der Waals surface area contributed by atoms with Crippen molar-refractivity contribution in [2.45, 2.75) is 45.7 Å². The number of nitrogens with zero attached hydrogens (tertiary/aromatic N) is 2. The van der Waals surface area contributed by atoms with E-state index in [-0.39, 0.29) is 12.5 Å². The number of aryl methyl sites for hydroxylation is 2. The first-order valence-electron chi connectivity index (χ1n) is 8.09. The summed E-state index contributed by atoms with van der Waals surface area (Å²) in [7, 11) is 0. The molecule has 2 aromatic rings. The summed E-state index contributed by atoms with van der Waals surface area (Å²) in [5.74, 6) is 0.198. The highest BCUT2D eigenvalue weighted by atomic mass is 16.5. The number of carbonyl (C=O) groups excluding carboxylic acids is 2. The van der Waals surface area contributed by atoms with Crippen LogP contribution in [0.1, 0.15) is 42.8 Å². The summed E-state index contributed by atoms with van der Waals surface area (Å²) in [6.45, 7) is 5.72. The van der Waals surface area contributed by atoms with Crippen molar-refractivity contribution in [3.8, 4) is 0 Å². The average Bonchev–Trinajstić information content (AvgIpc) is 3.06. The molecular weight excluding hydrogens is 306 g/mol. The molecule has 2 heterocycles. The van der Waals surface area contributed by atoms with Gasteiger partial charge in [0.2, 0.25) is 0 Å². The Morgan fingerprint density at radius 2 is 1.96 bits per heavy atom. The van der Waals surface area contributed by atoms with Gasteiger partial charge in [0, 0.05) is 6.07 Å². The number of aromatic nitrogens is 1. The Bertz CT molecular complexity index is 766. The molecule has 3 rings (SSSR count). The lowest BCUT2D eigenvalue weighted by atomic mass is 9.91. The molecule has 0 radical (unpaired) electrons. The van der Waals surface area contributed by atoms with Crippen LogP contribution in [0.5, 0.6) is 0 Å². The van der Waals surface area contributed by atoms with Crippen LogP contribution in [0, 0.1) is 6.92 Å². The maximum Gasteiger partial charge on any atom is 0.325 e. The van der Waals surface area contributed by atoms with Crippen molar-refractivity contribution in [3.05, 3.63) is 52.9 Å². The van der Waals surface area contributed by atoms with Gasteiger partial charge in [0.05, 0.1) is 12.2 Å². The van der Waals surface area contributed by atoms with Gasteiger partial charge in [0.15, 0.2) is 5.76 Å². The molecule has 1 aromatic heterocycles. The van der Waals surface area contributed by atoms with Gasteiger partial charge in [0.1, 0.15) is 5.54 Å². The summed E-state index contributed by atoms with van der Waals surface area (Å²) >= 11 is 0. The molecule has 1 aromatic carbocycles. The van der Waals surface area contributed by atoms with Crippen molar-refractivity contribution in [3.63, 3.8) is 0 Å². The third-order valence-electron chi connectivity index (χ3n) is 4.34. The maximum atomic E-state index is 12.8. The fraction of sp³-hybridized carbons (Fsp3) is 0.389. The van der Waals surface area contributed by atoms with Crippen LogP contribution in [0.2, 0.25) is 0 Å². The smallest absolute Gasteiger partial charge is 0.325 e. The molecule has 1 fully saturated rings. The zero-order chi connectivity index (χ0) is 17.3. The Balaban J connectivity index is 1.83. The molecule has 0 aliphatic carbocycles. The highest BCUT2D eigenvalue weighted by molar-refractivity contribution is 6.07. The molecule has 6 nitrogen and oxygen atoms in total. The normalized spacial score (nSPS) is 20.5. The quantitative estimate of drug-likeness (QED) is 0.857. The van der Waals surface area contributed by atoms with E-state index in [1.54, 1.807) is 19.9 Å². The van der Waals surface area contributed by atoms with Gasteiger partial charge in [-0.3, -0.25) is 9.69 Å². The van der Waals surface area contributed by atoms with Gasteiger partial charge in [-0.1, -0.05) is 42.8 Å². The summed E-state index contributed by atoms with van der Waals surface area (Å²) in [5, 5.41) is 6.59. The van der Waals surface area contributed by atoms with Crippen molar-refractivity contribution in [2.24, 2.45) is 0 Å². The highest BCUT2D eigenvalue weighted by Gasteiger charge is 2.49. The number of hydrogen-bond donors (Lipinski definition) is 1. The third-order valence-corrected chi connectivity index (χ3v) is 4.34. The van der Waals surface area contributed by atoms with E-state index in [0.29, 0.717) is 11.5 Å². The zero-order valence-electron chi connectivity index (χ0n) is 14.1. The van der Waals surface area contributed by atoms with Crippen molar-refractivity contribution >= 4 is 11.9 Å². The number of imide groups is 1. The monoisotopic (exact) mass is 327 g/mol. The lowest BCUT2D eigenvalue weighted by Crippen LogP contribution is -2.40. The summed E-state index contributed by atoms with van der Waals surface area (Å²) in [4.78, 5) is 26.3. The van der Waals surface area contributed by atoms with E-state index in [1.165, 1.54) is 10.5 Å². The predicted octanol–water partition coefficient (Wildman–Crippen LogP) is 2.90. The Kier molecular flexibility index (Phi) is 4.13. The van der Waals surface area contributed by atoms with Crippen molar-refractivity contribution in [1.82, 2.24) is 15.4 Å². The fourth-order valence-electron chi connectivity index (χ4n) is 2.98. The number of benzene rings is 1.